The van der Waals surface area contributed by atoms with E-state index in [9.17, 15) is 4.79 Å². The normalized spacial score (nSPS) is 17.5. The predicted molar refractivity (Wildman–Crippen MR) is 118 cm³/mol. The first-order chi connectivity index (χ1) is 14.0. The van der Waals surface area contributed by atoms with Crippen molar-refractivity contribution in [3.8, 4) is 11.4 Å². The maximum atomic E-state index is 11.2. The first-order valence-electron chi connectivity index (χ1n) is 9.82. The molecule has 1 saturated heterocycles. The average Bonchev–Trinajstić information content (AvgIpc) is 3.07. The van der Waals surface area contributed by atoms with E-state index in [4.69, 9.17) is 25.6 Å². The molecule has 156 valence electrons. The summed E-state index contributed by atoms with van der Waals surface area (Å²) >= 11 is 6.62. The number of carbonyl (C=O) groups excluding carboxylic acids is 1. The van der Waals surface area contributed by atoms with Crippen molar-refractivity contribution in [2.45, 2.75) is 52.7 Å². The number of halogens is 1. The van der Waals surface area contributed by atoms with Crippen molar-refractivity contribution in [1.29, 1.82) is 0 Å². The zero-order chi connectivity index (χ0) is 21.8. The van der Waals surface area contributed by atoms with E-state index in [1.807, 2.05) is 52.8 Å². The highest BCUT2D eigenvalue weighted by Crippen LogP contribution is 2.37. The number of fused-ring (bicyclic) bond motifs is 1. The minimum Gasteiger partial charge on any atom is -0.427 e. The molecule has 0 atom stereocenters. The Hall–Kier alpha value is -2.35. The molecule has 2 aromatic carbocycles. The lowest BCUT2D eigenvalue weighted by Gasteiger charge is -2.32. The summed E-state index contributed by atoms with van der Waals surface area (Å²) in [6.45, 7) is 11.5. The van der Waals surface area contributed by atoms with Gasteiger partial charge in [-0.25, -0.2) is 4.68 Å². The minimum absolute atomic E-state index is 0.382. The largest absolute Gasteiger partial charge is 0.494 e. The molecule has 3 aromatic rings. The minimum atomic E-state index is -0.429. The van der Waals surface area contributed by atoms with E-state index >= 15 is 0 Å². The fraction of sp³-hybridized carbons (Fsp3) is 0.364. The number of hydrogen-bond acceptors (Lipinski definition) is 5. The van der Waals surface area contributed by atoms with Crippen molar-refractivity contribution in [1.82, 2.24) is 9.78 Å². The van der Waals surface area contributed by atoms with E-state index in [2.05, 4.69) is 5.10 Å². The molecule has 30 heavy (non-hydrogen) atoms. The summed E-state index contributed by atoms with van der Waals surface area (Å²) in [5.41, 5.74) is 2.70. The fourth-order valence-corrected chi connectivity index (χ4v) is 3.74. The van der Waals surface area contributed by atoms with E-state index in [1.165, 1.54) is 6.92 Å². The first kappa shape index (κ1) is 20.9. The number of aromatic nitrogens is 2. The van der Waals surface area contributed by atoms with Gasteiger partial charge < -0.3 is 14.0 Å². The summed E-state index contributed by atoms with van der Waals surface area (Å²) in [6, 6.07) is 11.2. The Morgan fingerprint density at radius 2 is 1.77 bits per heavy atom. The van der Waals surface area contributed by atoms with Crippen LogP contribution in [0.25, 0.3) is 16.6 Å². The van der Waals surface area contributed by atoms with Crippen molar-refractivity contribution in [2.24, 2.45) is 0 Å². The van der Waals surface area contributed by atoms with Crippen molar-refractivity contribution in [2.75, 3.05) is 0 Å². The molecule has 0 spiro atoms. The molecule has 0 aliphatic carbocycles. The van der Waals surface area contributed by atoms with Gasteiger partial charge >= 0.3 is 13.1 Å². The van der Waals surface area contributed by atoms with Gasteiger partial charge in [0, 0.05) is 12.3 Å². The second-order valence-electron chi connectivity index (χ2n) is 8.61. The highest BCUT2D eigenvalue weighted by Gasteiger charge is 2.51. The predicted octanol–water partition coefficient (Wildman–Crippen LogP) is 4.21. The molecular weight excluding hydrogens is 403 g/mol. The second kappa shape index (κ2) is 7.12. The molecule has 0 unspecified atom stereocenters. The zero-order valence-electron chi connectivity index (χ0n) is 17.9. The molecular formula is C22H24BClN2O4. The standard InChI is InChI=1S/C22H24BClN2O4/c1-13-11-15(23-29-21(3,4)22(5,6)30-23)7-10-19(13)26-20(24)17-12-16(28-14(2)27)8-9-18(17)25-26/h7-12H,1-6H3. The number of rotatable bonds is 3. The van der Waals surface area contributed by atoms with Gasteiger partial charge in [0.2, 0.25) is 0 Å². The van der Waals surface area contributed by atoms with Crippen LogP contribution in [0.3, 0.4) is 0 Å². The lowest BCUT2D eigenvalue weighted by atomic mass is 9.78. The molecule has 0 bridgehead atoms. The maximum Gasteiger partial charge on any atom is 0.494 e. The van der Waals surface area contributed by atoms with E-state index in [0.717, 1.165) is 16.7 Å². The van der Waals surface area contributed by atoms with Gasteiger partial charge in [0.15, 0.2) is 0 Å². The molecule has 1 aromatic heterocycles. The van der Waals surface area contributed by atoms with Crippen molar-refractivity contribution in [3.05, 3.63) is 47.1 Å². The highest BCUT2D eigenvalue weighted by atomic mass is 35.5. The quantitative estimate of drug-likeness (QED) is 0.357. The van der Waals surface area contributed by atoms with Crippen LogP contribution in [-0.2, 0) is 14.1 Å². The zero-order valence-corrected chi connectivity index (χ0v) is 18.7. The Kier molecular flexibility index (Phi) is 4.96. The molecule has 6 nitrogen and oxygen atoms in total. The van der Waals surface area contributed by atoms with E-state index in [0.29, 0.717) is 21.8 Å². The topological polar surface area (TPSA) is 62.6 Å². The van der Waals surface area contributed by atoms with Crippen molar-refractivity contribution < 1.29 is 18.8 Å². The molecule has 0 N–H and O–H groups in total. The van der Waals surface area contributed by atoms with Gasteiger partial charge in [-0.05, 0) is 69.9 Å². The van der Waals surface area contributed by atoms with Gasteiger partial charge in [-0.3, -0.25) is 4.79 Å². The Labute approximate surface area is 181 Å². The highest BCUT2D eigenvalue weighted by molar-refractivity contribution is 6.62. The SMILES string of the molecule is CC(=O)Oc1ccc2nn(-c3ccc(B4OC(C)(C)C(C)(C)O4)cc3C)c(Cl)c2c1. The Morgan fingerprint density at radius 3 is 2.37 bits per heavy atom. The summed E-state index contributed by atoms with van der Waals surface area (Å²) < 4.78 is 19.2. The maximum absolute atomic E-state index is 11.2. The number of nitrogens with zero attached hydrogens (tertiary/aromatic N) is 2. The monoisotopic (exact) mass is 426 g/mol. The molecule has 8 heteroatoms. The summed E-state index contributed by atoms with van der Waals surface area (Å²) in [6.07, 6.45) is 0. The van der Waals surface area contributed by atoms with Crippen LogP contribution in [0.5, 0.6) is 5.75 Å². The smallest absolute Gasteiger partial charge is 0.427 e. The number of carbonyl (C=O) groups is 1. The third kappa shape index (κ3) is 3.51. The Morgan fingerprint density at radius 1 is 1.10 bits per heavy atom. The van der Waals surface area contributed by atoms with Crippen LogP contribution in [-0.4, -0.2) is 34.1 Å². The lowest BCUT2D eigenvalue weighted by molar-refractivity contribution is -0.131. The van der Waals surface area contributed by atoms with Crippen LogP contribution in [0.15, 0.2) is 36.4 Å². The van der Waals surface area contributed by atoms with Crippen LogP contribution in [0, 0.1) is 6.92 Å². The van der Waals surface area contributed by atoms with Gasteiger partial charge in [-0.2, -0.15) is 5.10 Å². The van der Waals surface area contributed by atoms with Gasteiger partial charge in [0.1, 0.15) is 10.9 Å². The molecule has 4 rings (SSSR count). The number of benzene rings is 2. The molecule has 2 heterocycles. The average molecular weight is 427 g/mol. The molecule has 0 amide bonds. The van der Waals surface area contributed by atoms with E-state index in [-0.39, 0.29) is 5.97 Å². The third-order valence-corrected chi connectivity index (χ3v) is 6.18. The lowest BCUT2D eigenvalue weighted by Crippen LogP contribution is -2.41. The molecule has 1 aliphatic rings. The molecule has 0 saturated carbocycles. The summed E-state index contributed by atoms with van der Waals surface area (Å²) in [5.74, 6) is 0.0521. The van der Waals surface area contributed by atoms with E-state index in [1.54, 1.807) is 22.9 Å². The number of aryl methyl sites for hydroxylation is 1. The second-order valence-corrected chi connectivity index (χ2v) is 8.97. The fourth-order valence-electron chi connectivity index (χ4n) is 3.46. The first-order valence-corrected chi connectivity index (χ1v) is 10.2. The Balaban J connectivity index is 1.69. The van der Waals surface area contributed by atoms with Gasteiger partial charge in [0.25, 0.3) is 0 Å². The number of ether oxygens (including phenoxy) is 1. The van der Waals surface area contributed by atoms with Gasteiger partial charge in [-0.15, -0.1) is 0 Å². The Bertz CT molecular complexity index is 1140. The van der Waals surface area contributed by atoms with Gasteiger partial charge in [-0.1, -0.05) is 23.7 Å². The van der Waals surface area contributed by atoms with Crippen molar-refractivity contribution in [3.63, 3.8) is 0 Å². The van der Waals surface area contributed by atoms with Crippen LogP contribution in [0.1, 0.15) is 40.2 Å². The third-order valence-electron chi connectivity index (χ3n) is 5.82. The van der Waals surface area contributed by atoms with Gasteiger partial charge in [0.05, 0.1) is 22.4 Å². The molecule has 0 radical (unpaired) electrons. The van der Waals surface area contributed by atoms with E-state index < -0.39 is 18.3 Å². The number of hydrogen-bond donors (Lipinski definition) is 0. The van der Waals surface area contributed by atoms with Crippen molar-refractivity contribution >= 4 is 41.1 Å². The van der Waals surface area contributed by atoms with Crippen LogP contribution in [0.4, 0.5) is 0 Å². The van der Waals surface area contributed by atoms with Crippen LogP contribution in [0.2, 0.25) is 5.15 Å². The van der Waals surface area contributed by atoms with Crippen LogP contribution >= 0.6 is 11.6 Å². The summed E-state index contributed by atoms with van der Waals surface area (Å²) in [4.78, 5) is 11.2. The summed E-state index contributed by atoms with van der Waals surface area (Å²) in [5, 5.41) is 5.78. The summed E-state index contributed by atoms with van der Waals surface area (Å²) in [7, 11) is -0.429. The number of esters is 1. The molecule has 1 aliphatic heterocycles. The van der Waals surface area contributed by atoms with Crippen LogP contribution < -0.4 is 10.2 Å². The molecule has 1 fully saturated rings.